The van der Waals surface area contributed by atoms with Crippen LogP contribution in [0.15, 0.2) is 59.8 Å². The summed E-state index contributed by atoms with van der Waals surface area (Å²) in [6.07, 6.45) is -42.3. The summed E-state index contributed by atoms with van der Waals surface area (Å²) in [7, 11) is 3.13. The van der Waals surface area contributed by atoms with Crippen molar-refractivity contribution in [2.75, 3.05) is 86.9 Å². The Bertz CT molecular complexity index is 3720. The summed E-state index contributed by atoms with van der Waals surface area (Å²) < 4.78 is 87.8. The zero-order valence-electron chi connectivity index (χ0n) is 65.1. The SMILES string of the molecule is C#CCO[C@@H]1O[C@@H](CO)[C@@H](O[C@@H]2OC(CO[C@]3(C(=O)O)C[C@@H](O)[C@@H](C)C([C@H](O)[C@H](O)CO)O3)[C@H](O)[C@H](O)C2O)C(O)C1O.COCCCOC(=O)c1ccc(-n2nncc2CO[C@@H]2O[C@@H](CO)[C@@H](O[C@@H]3OC(CO[C@]4(C(=O)O)C[C@@H](O)[C@@H](C)C([C@H](O)[C@H](O)CO)O4)[C@H](O)[C@H](O)C3O)C(O)C2O)cc1.COCCCOC(=O)c1ccc(N=[N+]=[N-])cc1. The number of carboxylic acid groups (broad SMARTS) is 2. The first-order valence-electron chi connectivity index (χ1n) is 37.6. The van der Waals surface area contributed by atoms with E-state index < -0.39 is 271 Å². The van der Waals surface area contributed by atoms with Gasteiger partial charge >= 0.3 is 23.9 Å². The molecule has 6 fully saturated rings. The van der Waals surface area contributed by atoms with E-state index in [2.05, 4.69) is 26.3 Å². The van der Waals surface area contributed by atoms with E-state index >= 15 is 0 Å². The van der Waals surface area contributed by atoms with Crippen LogP contribution in [0.3, 0.4) is 0 Å². The zero-order chi connectivity index (χ0) is 88.6. The standard InChI is InChI=1S/C36H53N3O21.C25H40O18.C11H13N3O3/c1-16-20(42)10-36(35(51)52,60-30(16)24(44)21(43)12-40)56-15-23-25(45)26(46)28(48)34(58-23)59-31-22(13-41)57-33(29(49)27(31)47)55-14-19-11-37-38-39(19)18-6-4-17(5-7-18)32(50)54-9-3-8-53-2;1-3-4-38-22-19(35)17(33)21(12(7-27)40-22)42-23-18(34)16(32)15(31)13(41-23)8-39-25(24(36)37)5-10(28)9(2)20(43-25)14(30)11(29)6-26;1-16-7-2-8-17-11(15)9-3-5-10(6-4-9)13-14-12/h4-7,11,16,20-31,33-34,40-49H,3,8-10,12-15H2,1-2H3,(H,51,52);1,9-23,26-35H,4-8H2,2H3,(H,36,37);3-6H,2,7-8H2,1H3/t16-,20-,21-,22+,23?,24-,25+,26+,27?,28?,29?,30?,31-,33-,34+,36-;9-,10-,11-,12+,13?,14-,15+,16+,17?,18?,19?,20?,21-,22-,23+,25-;/m11./s1. The molecule has 0 bridgehead atoms. The molecule has 48 heteroatoms. The molecule has 9 rings (SSSR count). The monoisotopic (exact) mass is 1730 g/mol. The minimum absolute atomic E-state index is 0.182. The molecule has 1 aromatic heterocycles. The Hall–Kier alpha value is -7.03. The van der Waals surface area contributed by atoms with E-state index in [-0.39, 0.29) is 25.4 Å². The van der Waals surface area contributed by atoms with Crippen LogP contribution in [0.5, 0.6) is 0 Å². The molecule has 0 radical (unpaired) electrons. The van der Waals surface area contributed by atoms with Gasteiger partial charge in [0, 0.05) is 75.6 Å². The third-order valence-corrected chi connectivity index (χ3v) is 20.3. The summed E-state index contributed by atoms with van der Waals surface area (Å²) >= 11 is 0. The lowest BCUT2D eigenvalue weighted by molar-refractivity contribution is -0.369. The molecule has 0 amide bonds. The van der Waals surface area contributed by atoms with E-state index in [0.717, 1.165) is 0 Å². The average molecular weight is 1730 g/mol. The molecule has 120 heavy (non-hydrogen) atoms. The van der Waals surface area contributed by atoms with Gasteiger partial charge in [-0.15, -0.1) is 11.5 Å². The van der Waals surface area contributed by atoms with Crippen LogP contribution < -0.4 is 0 Å². The third kappa shape index (κ3) is 25.2. The number of ether oxygens (including phenoxy) is 16. The number of aliphatic hydroxyl groups excluding tert-OH is 20. The number of aromatic nitrogens is 3. The van der Waals surface area contributed by atoms with Crippen molar-refractivity contribution in [3.8, 4) is 18.0 Å². The van der Waals surface area contributed by atoms with Crippen LogP contribution in [-0.4, -0.2) is 421 Å². The maximum Gasteiger partial charge on any atom is 0.364 e. The van der Waals surface area contributed by atoms with Gasteiger partial charge in [0.1, 0.15) is 129 Å². The quantitative estimate of drug-likeness (QED) is 0.00636. The van der Waals surface area contributed by atoms with Crippen molar-refractivity contribution in [2.24, 2.45) is 17.0 Å². The topological polar surface area (TPSA) is 740 Å². The fourth-order valence-electron chi connectivity index (χ4n) is 13.1. The second-order valence-corrected chi connectivity index (χ2v) is 28.5. The fourth-order valence-corrected chi connectivity index (χ4v) is 13.1. The number of terminal acetylenes is 1. The molecule has 2 aromatic carbocycles. The van der Waals surface area contributed by atoms with Crippen molar-refractivity contribution in [3.05, 3.63) is 82.0 Å². The van der Waals surface area contributed by atoms with Crippen molar-refractivity contribution in [2.45, 2.75) is 229 Å². The minimum atomic E-state index is -2.71. The summed E-state index contributed by atoms with van der Waals surface area (Å²) in [6, 6.07) is 12.5. The molecule has 6 aliphatic rings. The van der Waals surface area contributed by atoms with Gasteiger partial charge in [-0.3, -0.25) is 0 Å². The third-order valence-electron chi connectivity index (χ3n) is 20.3. The number of azide groups is 1. The van der Waals surface area contributed by atoms with Gasteiger partial charge in [-0.25, -0.2) is 23.9 Å². The van der Waals surface area contributed by atoms with Crippen molar-refractivity contribution >= 4 is 29.6 Å². The molecular weight excluding hydrogens is 1620 g/mol. The van der Waals surface area contributed by atoms with Gasteiger partial charge in [-0.2, -0.15) is 0 Å². The van der Waals surface area contributed by atoms with E-state index in [1.165, 1.54) is 36.9 Å². The van der Waals surface area contributed by atoms with E-state index in [1.807, 2.05) is 0 Å². The Morgan fingerprint density at radius 3 is 1.35 bits per heavy atom. The first-order chi connectivity index (χ1) is 57.1. The number of carboxylic acids is 2. The highest BCUT2D eigenvalue weighted by Gasteiger charge is 2.59. The number of methoxy groups -OCH3 is 2. The Kier molecular flexibility index (Phi) is 39.3. The number of carbonyl (C=O) groups excluding carboxylic acids is 2. The zero-order valence-corrected chi connectivity index (χ0v) is 65.1. The Morgan fingerprint density at radius 1 is 0.567 bits per heavy atom. The highest BCUT2D eigenvalue weighted by atomic mass is 16.8. The van der Waals surface area contributed by atoms with Crippen molar-refractivity contribution in [3.63, 3.8) is 0 Å². The van der Waals surface area contributed by atoms with Crippen LogP contribution in [0, 0.1) is 24.2 Å². The molecule has 676 valence electrons. The molecule has 22 N–H and O–H groups in total. The maximum absolute atomic E-state index is 12.5. The van der Waals surface area contributed by atoms with Crippen LogP contribution in [-0.2, 0) is 92.0 Å². The first-order valence-corrected chi connectivity index (χ1v) is 37.6. The first kappa shape index (κ1) is 100. The van der Waals surface area contributed by atoms with Gasteiger partial charge < -0.3 is 188 Å². The van der Waals surface area contributed by atoms with Gasteiger partial charge in [0.15, 0.2) is 25.2 Å². The molecule has 48 nitrogen and oxygen atoms in total. The Balaban J connectivity index is 0.000000286. The second kappa shape index (κ2) is 47.2. The molecule has 0 aliphatic carbocycles. The molecule has 6 saturated heterocycles. The molecule has 6 aliphatic heterocycles. The van der Waals surface area contributed by atoms with Crippen molar-refractivity contribution in [1.29, 1.82) is 0 Å². The van der Waals surface area contributed by atoms with Crippen LogP contribution in [0.4, 0.5) is 5.69 Å². The predicted molar refractivity (Wildman–Crippen MR) is 389 cm³/mol. The number of carbonyl (C=O) groups is 4. The van der Waals surface area contributed by atoms with Gasteiger partial charge in [-0.1, -0.05) is 42.2 Å². The number of hydrogen-bond donors (Lipinski definition) is 22. The molecule has 32 atom stereocenters. The minimum Gasteiger partial charge on any atom is -0.477 e. The Labute approximate surface area is 683 Å². The van der Waals surface area contributed by atoms with E-state index in [0.29, 0.717) is 55.3 Å². The van der Waals surface area contributed by atoms with E-state index in [1.54, 1.807) is 50.6 Å². The smallest absolute Gasteiger partial charge is 0.364 e. The number of rotatable bonds is 37. The number of aliphatic hydroxyl groups is 20. The molecule has 0 saturated carbocycles. The summed E-state index contributed by atoms with van der Waals surface area (Å²) in [5.74, 6) is -9.58. The van der Waals surface area contributed by atoms with Gasteiger partial charge in [0.05, 0.1) is 113 Å². The van der Waals surface area contributed by atoms with Gasteiger partial charge in [-0.05, 0) is 41.9 Å². The fraction of sp³-hybridized carbons (Fsp3) is 0.722. The number of esters is 2. The Morgan fingerprint density at radius 2 is 0.967 bits per heavy atom. The van der Waals surface area contributed by atoms with Crippen molar-refractivity contribution in [1.82, 2.24) is 15.0 Å². The van der Waals surface area contributed by atoms with E-state index in [4.69, 9.17) is 87.7 Å². The lowest BCUT2D eigenvalue weighted by Gasteiger charge is -2.47. The summed E-state index contributed by atoms with van der Waals surface area (Å²) in [5, 5.41) is 239. The van der Waals surface area contributed by atoms with E-state index in [9.17, 15) is 132 Å². The summed E-state index contributed by atoms with van der Waals surface area (Å²) in [6.45, 7) is -1.50. The molecule has 0 spiro atoms. The van der Waals surface area contributed by atoms with Crippen molar-refractivity contribution < 1.29 is 207 Å². The predicted octanol–water partition coefficient (Wildman–Crippen LogP) is -8.71. The number of aliphatic carboxylic acids is 2. The second-order valence-electron chi connectivity index (χ2n) is 28.5. The lowest BCUT2D eigenvalue weighted by atomic mass is 9.84. The molecule has 3 aromatic rings. The van der Waals surface area contributed by atoms with Crippen LogP contribution in [0.2, 0.25) is 0 Å². The molecular formula is C72H106N6O42. The number of hydrogen-bond acceptors (Lipinski definition) is 43. The maximum atomic E-state index is 12.5. The van der Waals surface area contributed by atoms with Crippen LogP contribution in [0.25, 0.3) is 16.1 Å². The largest absolute Gasteiger partial charge is 0.477 e. The van der Waals surface area contributed by atoms with Crippen LogP contribution in [0.1, 0.15) is 65.9 Å². The summed E-state index contributed by atoms with van der Waals surface area (Å²) in [5.41, 5.74) is 10.2. The highest BCUT2D eigenvalue weighted by molar-refractivity contribution is 5.90. The average Bonchev–Trinajstić information content (AvgIpc) is 0.881. The molecule has 10 unspecified atom stereocenters. The van der Waals surface area contributed by atoms with Gasteiger partial charge in [0.25, 0.3) is 11.6 Å². The number of nitrogens with zero attached hydrogens (tertiary/aromatic N) is 6. The van der Waals surface area contributed by atoms with Gasteiger partial charge in [0.2, 0.25) is 0 Å². The summed E-state index contributed by atoms with van der Waals surface area (Å²) in [4.78, 5) is 51.2. The highest BCUT2D eigenvalue weighted by Crippen LogP contribution is 2.41. The lowest BCUT2D eigenvalue weighted by Crippen LogP contribution is -2.65. The van der Waals surface area contributed by atoms with Crippen LogP contribution >= 0.6 is 0 Å². The normalized spacial score (nSPS) is 35.4. The number of benzene rings is 2. The molecule has 7 heterocycles.